The molecule has 2 atom stereocenters. The smallest absolute Gasteiger partial charge is 0.0753 e. The van der Waals surface area contributed by atoms with E-state index in [1.165, 1.54) is 6.42 Å². The van der Waals surface area contributed by atoms with Gasteiger partial charge < -0.3 is 9.47 Å². The van der Waals surface area contributed by atoms with E-state index < -0.39 is 0 Å². The second kappa shape index (κ2) is 4.40. The Hall–Kier alpha value is -0.120. The van der Waals surface area contributed by atoms with Crippen LogP contribution in [0, 0.1) is 5.92 Å². The van der Waals surface area contributed by atoms with Gasteiger partial charge in [0.1, 0.15) is 0 Å². The number of hydrogen-bond donors (Lipinski definition) is 0. The van der Waals surface area contributed by atoms with E-state index in [4.69, 9.17) is 9.47 Å². The number of likely N-dealkylation sites (N-methyl/N-ethyl adjacent to an activating group) is 1. The summed E-state index contributed by atoms with van der Waals surface area (Å²) < 4.78 is 11.2. The van der Waals surface area contributed by atoms with Crippen molar-refractivity contribution in [2.24, 2.45) is 5.92 Å². The van der Waals surface area contributed by atoms with Gasteiger partial charge in [-0.15, -0.1) is 0 Å². The minimum absolute atomic E-state index is 0.427. The summed E-state index contributed by atoms with van der Waals surface area (Å²) >= 11 is 0. The largest absolute Gasteiger partial charge is 0.381 e. The first kappa shape index (κ1) is 9.44. The number of hydrogen-bond acceptors (Lipinski definition) is 3. The van der Waals surface area contributed by atoms with E-state index in [0.29, 0.717) is 12.0 Å². The lowest BCUT2D eigenvalue weighted by atomic mass is 10.0. The summed E-state index contributed by atoms with van der Waals surface area (Å²) in [4.78, 5) is 2.46. The molecule has 3 heteroatoms. The molecule has 0 bridgehead atoms. The maximum atomic E-state index is 5.77. The van der Waals surface area contributed by atoms with Crippen molar-refractivity contribution in [3.8, 4) is 0 Å². The minimum Gasteiger partial charge on any atom is -0.381 e. The molecule has 0 aliphatic carbocycles. The van der Waals surface area contributed by atoms with Gasteiger partial charge >= 0.3 is 0 Å². The maximum absolute atomic E-state index is 5.77. The van der Waals surface area contributed by atoms with Crippen molar-refractivity contribution >= 4 is 0 Å². The molecule has 0 saturated carbocycles. The molecule has 0 spiro atoms. The van der Waals surface area contributed by atoms with Crippen molar-refractivity contribution in [1.29, 1.82) is 0 Å². The first-order chi connectivity index (χ1) is 6.40. The van der Waals surface area contributed by atoms with Crippen LogP contribution in [0.4, 0.5) is 0 Å². The van der Waals surface area contributed by atoms with Crippen LogP contribution in [-0.2, 0) is 9.47 Å². The van der Waals surface area contributed by atoms with Crippen molar-refractivity contribution in [2.75, 3.05) is 39.5 Å². The molecule has 2 rings (SSSR count). The Kier molecular flexibility index (Phi) is 3.19. The zero-order valence-electron chi connectivity index (χ0n) is 8.37. The third kappa shape index (κ3) is 2.22. The van der Waals surface area contributed by atoms with Gasteiger partial charge in [-0.25, -0.2) is 0 Å². The molecule has 2 fully saturated rings. The Labute approximate surface area is 80.0 Å². The Balaban J connectivity index is 1.84. The average Bonchev–Trinajstić information content (AvgIpc) is 2.71. The number of nitrogens with zero attached hydrogens (tertiary/aromatic N) is 1. The normalized spacial score (nSPS) is 36.7. The van der Waals surface area contributed by atoms with Gasteiger partial charge in [0.05, 0.1) is 19.3 Å². The summed E-state index contributed by atoms with van der Waals surface area (Å²) in [5.74, 6) is 0.648. The third-order valence-electron chi connectivity index (χ3n) is 3.12. The second-order valence-electron chi connectivity index (χ2n) is 3.93. The van der Waals surface area contributed by atoms with Crippen LogP contribution in [0.1, 0.15) is 13.3 Å². The van der Waals surface area contributed by atoms with Crippen LogP contribution in [0.2, 0.25) is 0 Å². The van der Waals surface area contributed by atoms with Crippen LogP contribution >= 0.6 is 0 Å². The van der Waals surface area contributed by atoms with Crippen LogP contribution in [-0.4, -0.2) is 50.5 Å². The highest BCUT2D eigenvalue weighted by molar-refractivity contribution is 4.79. The van der Waals surface area contributed by atoms with Crippen molar-refractivity contribution in [2.45, 2.75) is 19.4 Å². The van der Waals surface area contributed by atoms with Crippen molar-refractivity contribution < 1.29 is 9.47 Å². The first-order valence-electron chi connectivity index (χ1n) is 5.32. The number of morpholine rings is 1. The Morgan fingerprint density at radius 1 is 1.38 bits per heavy atom. The topological polar surface area (TPSA) is 21.7 Å². The molecule has 0 radical (unpaired) electrons. The first-order valence-corrected chi connectivity index (χ1v) is 5.32. The predicted octanol–water partition coefficient (Wildman–Crippen LogP) is 0.744. The minimum atomic E-state index is 0.427. The van der Waals surface area contributed by atoms with Crippen LogP contribution in [0.5, 0.6) is 0 Å². The van der Waals surface area contributed by atoms with Gasteiger partial charge in [-0.2, -0.15) is 0 Å². The van der Waals surface area contributed by atoms with Gasteiger partial charge in [-0.05, 0) is 13.0 Å². The van der Waals surface area contributed by atoms with E-state index in [9.17, 15) is 0 Å². The molecular formula is C10H19NO2. The van der Waals surface area contributed by atoms with Crippen LogP contribution in [0.15, 0.2) is 0 Å². The Bertz CT molecular complexity index is 157. The Morgan fingerprint density at radius 2 is 2.31 bits per heavy atom. The van der Waals surface area contributed by atoms with Crippen molar-refractivity contribution in [3.05, 3.63) is 0 Å². The highest BCUT2D eigenvalue weighted by atomic mass is 16.5. The van der Waals surface area contributed by atoms with E-state index in [1.54, 1.807) is 0 Å². The number of ether oxygens (including phenoxy) is 2. The molecule has 0 N–H and O–H groups in total. The standard InChI is InChI=1S/C10H19NO2/c1-2-11-4-6-13-10(7-11)9-3-5-12-8-9/h9-10H,2-8H2,1H3/t9-,10?/m1/s1. The molecule has 1 unspecified atom stereocenters. The van der Waals surface area contributed by atoms with Crippen LogP contribution in [0.3, 0.4) is 0 Å². The molecule has 3 nitrogen and oxygen atoms in total. The van der Waals surface area contributed by atoms with E-state index in [-0.39, 0.29) is 0 Å². The lowest BCUT2D eigenvalue weighted by Crippen LogP contribution is -2.45. The molecule has 76 valence electrons. The summed E-state index contributed by atoms with van der Waals surface area (Å²) in [7, 11) is 0. The molecule has 2 saturated heterocycles. The average molecular weight is 185 g/mol. The molecule has 2 aliphatic rings. The SMILES string of the molecule is CCN1CCOC([C@@H]2CCOC2)C1. The quantitative estimate of drug-likeness (QED) is 0.633. The van der Waals surface area contributed by atoms with Gasteiger partial charge in [0.2, 0.25) is 0 Å². The van der Waals surface area contributed by atoms with E-state index in [2.05, 4.69) is 11.8 Å². The zero-order valence-corrected chi connectivity index (χ0v) is 8.37. The van der Waals surface area contributed by atoms with Crippen LogP contribution < -0.4 is 0 Å². The van der Waals surface area contributed by atoms with Crippen molar-refractivity contribution in [1.82, 2.24) is 4.90 Å². The third-order valence-corrected chi connectivity index (χ3v) is 3.12. The summed E-state index contributed by atoms with van der Waals surface area (Å²) in [6.07, 6.45) is 1.61. The molecule has 0 aromatic carbocycles. The highest BCUT2D eigenvalue weighted by Crippen LogP contribution is 2.21. The van der Waals surface area contributed by atoms with Crippen LogP contribution in [0.25, 0.3) is 0 Å². The summed E-state index contributed by atoms with van der Waals surface area (Å²) in [6, 6.07) is 0. The summed E-state index contributed by atoms with van der Waals surface area (Å²) in [5, 5.41) is 0. The predicted molar refractivity (Wildman–Crippen MR) is 50.8 cm³/mol. The zero-order chi connectivity index (χ0) is 9.10. The van der Waals surface area contributed by atoms with Gasteiger partial charge in [0.25, 0.3) is 0 Å². The van der Waals surface area contributed by atoms with Crippen molar-refractivity contribution in [3.63, 3.8) is 0 Å². The van der Waals surface area contributed by atoms with E-state index >= 15 is 0 Å². The molecule has 0 aromatic rings. The second-order valence-corrected chi connectivity index (χ2v) is 3.93. The highest BCUT2D eigenvalue weighted by Gasteiger charge is 2.30. The molecule has 0 amide bonds. The molecule has 13 heavy (non-hydrogen) atoms. The van der Waals surface area contributed by atoms with Gasteiger partial charge in [0, 0.05) is 25.6 Å². The lowest BCUT2D eigenvalue weighted by molar-refractivity contribution is -0.0569. The summed E-state index contributed by atoms with van der Waals surface area (Å²) in [6.45, 7) is 8.29. The molecular weight excluding hydrogens is 166 g/mol. The van der Waals surface area contributed by atoms with Gasteiger partial charge in [0.15, 0.2) is 0 Å². The van der Waals surface area contributed by atoms with Gasteiger partial charge in [-0.1, -0.05) is 6.92 Å². The summed E-state index contributed by atoms with van der Waals surface area (Å²) in [5.41, 5.74) is 0. The van der Waals surface area contributed by atoms with E-state index in [0.717, 1.165) is 39.5 Å². The monoisotopic (exact) mass is 185 g/mol. The molecule has 2 aliphatic heterocycles. The van der Waals surface area contributed by atoms with E-state index in [1.807, 2.05) is 0 Å². The fourth-order valence-corrected chi connectivity index (χ4v) is 2.15. The lowest BCUT2D eigenvalue weighted by Gasteiger charge is -2.34. The van der Waals surface area contributed by atoms with Gasteiger partial charge in [-0.3, -0.25) is 4.90 Å². The Morgan fingerprint density at radius 3 is 3.00 bits per heavy atom. The number of rotatable bonds is 2. The fraction of sp³-hybridized carbons (Fsp3) is 1.00. The fourth-order valence-electron chi connectivity index (χ4n) is 2.15. The molecule has 0 aromatic heterocycles. The molecule has 2 heterocycles. The maximum Gasteiger partial charge on any atom is 0.0753 e.